The number of anilines is 1. The second-order valence-corrected chi connectivity index (χ2v) is 7.66. The topological polar surface area (TPSA) is 73.3 Å². The van der Waals surface area contributed by atoms with Gasteiger partial charge in [-0.3, -0.25) is 10.1 Å². The SMILES string of the molecule is COc1cc(C)ccc1OCC(=O)Nc1nnc(-c2ccc(C(C)C)cc2)s1. The number of methoxy groups -OCH3 is 1. The standard InChI is InChI=1S/C21H23N3O3S/c1-13(2)15-6-8-16(9-7-15)20-23-24-21(28-20)22-19(25)12-27-17-10-5-14(3)11-18(17)26-4/h5-11,13H,12H2,1-4H3,(H,22,24,25). The Hall–Kier alpha value is -2.93. The van der Waals surface area contributed by atoms with Crippen LogP contribution in [0.5, 0.6) is 11.5 Å². The summed E-state index contributed by atoms with van der Waals surface area (Å²) in [7, 11) is 1.57. The van der Waals surface area contributed by atoms with Crippen LogP contribution in [0.2, 0.25) is 0 Å². The first-order valence-electron chi connectivity index (χ1n) is 8.97. The van der Waals surface area contributed by atoms with Crippen LogP contribution in [0.4, 0.5) is 5.13 Å². The molecule has 0 bridgehead atoms. The molecule has 6 nitrogen and oxygen atoms in total. The van der Waals surface area contributed by atoms with E-state index in [9.17, 15) is 4.79 Å². The van der Waals surface area contributed by atoms with Crippen LogP contribution in [-0.4, -0.2) is 29.8 Å². The van der Waals surface area contributed by atoms with Gasteiger partial charge in [0, 0.05) is 5.56 Å². The summed E-state index contributed by atoms with van der Waals surface area (Å²) in [6.45, 7) is 6.13. The molecule has 1 amide bonds. The molecule has 0 saturated heterocycles. The minimum Gasteiger partial charge on any atom is -0.493 e. The lowest BCUT2D eigenvalue weighted by molar-refractivity contribution is -0.118. The quantitative estimate of drug-likeness (QED) is 0.627. The van der Waals surface area contributed by atoms with Crippen molar-refractivity contribution in [3.05, 3.63) is 53.6 Å². The molecule has 0 atom stereocenters. The Morgan fingerprint density at radius 2 is 1.86 bits per heavy atom. The van der Waals surface area contributed by atoms with E-state index in [0.717, 1.165) is 16.1 Å². The molecule has 2 aromatic carbocycles. The summed E-state index contributed by atoms with van der Waals surface area (Å²) < 4.78 is 10.8. The van der Waals surface area contributed by atoms with Gasteiger partial charge in [0.2, 0.25) is 5.13 Å². The smallest absolute Gasteiger partial charge is 0.264 e. The summed E-state index contributed by atoms with van der Waals surface area (Å²) in [5, 5.41) is 12.1. The van der Waals surface area contributed by atoms with E-state index in [1.807, 2.05) is 31.2 Å². The Labute approximate surface area is 168 Å². The molecule has 0 saturated carbocycles. The minimum atomic E-state index is -0.305. The van der Waals surface area contributed by atoms with Crippen LogP contribution in [0.3, 0.4) is 0 Å². The van der Waals surface area contributed by atoms with Gasteiger partial charge in [0.05, 0.1) is 7.11 Å². The number of aromatic nitrogens is 2. The zero-order valence-electron chi connectivity index (χ0n) is 16.4. The fourth-order valence-electron chi connectivity index (χ4n) is 2.59. The molecule has 0 aliphatic heterocycles. The van der Waals surface area contributed by atoms with Crippen molar-refractivity contribution in [2.24, 2.45) is 0 Å². The lowest BCUT2D eigenvalue weighted by Crippen LogP contribution is -2.20. The Balaban J connectivity index is 1.59. The first-order valence-corrected chi connectivity index (χ1v) is 9.79. The summed E-state index contributed by atoms with van der Waals surface area (Å²) >= 11 is 1.33. The maximum absolute atomic E-state index is 12.2. The third-order valence-corrected chi connectivity index (χ3v) is 5.06. The summed E-state index contributed by atoms with van der Waals surface area (Å²) in [6, 6.07) is 13.8. The molecule has 0 aliphatic carbocycles. The normalized spacial score (nSPS) is 10.8. The van der Waals surface area contributed by atoms with E-state index in [-0.39, 0.29) is 12.5 Å². The zero-order valence-corrected chi connectivity index (χ0v) is 17.2. The van der Waals surface area contributed by atoms with Crippen molar-refractivity contribution in [3.63, 3.8) is 0 Å². The molecule has 1 N–H and O–H groups in total. The van der Waals surface area contributed by atoms with Gasteiger partial charge in [-0.1, -0.05) is 55.5 Å². The summed E-state index contributed by atoms with van der Waals surface area (Å²) in [5.41, 5.74) is 3.30. The van der Waals surface area contributed by atoms with Crippen molar-refractivity contribution in [3.8, 4) is 22.1 Å². The number of carbonyl (C=O) groups excluding carboxylic acids is 1. The van der Waals surface area contributed by atoms with Crippen LogP contribution in [0.15, 0.2) is 42.5 Å². The second-order valence-electron chi connectivity index (χ2n) is 6.68. The lowest BCUT2D eigenvalue weighted by Gasteiger charge is -2.10. The van der Waals surface area contributed by atoms with Crippen molar-refractivity contribution in [1.82, 2.24) is 10.2 Å². The third-order valence-electron chi connectivity index (χ3n) is 4.17. The lowest BCUT2D eigenvalue weighted by atomic mass is 10.0. The van der Waals surface area contributed by atoms with Gasteiger partial charge in [-0.05, 0) is 36.1 Å². The number of benzene rings is 2. The average molecular weight is 398 g/mol. The van der Waals surface area contributed by atoms with Crippen molar-refractivity contribution in [2.75, 3.05) is 19.0 Å². The largest absolute Gasteiger partial charge is 0.493 e. The number of hydrogen-bond acceptors (Lipinski definition) is 6. The maximum Gasteiger partial charge on any atom is 0.264 e. The highest BCUT2D eigenvalue weighted by Gasteiger charge is 2.12. The van der Waals surface area contributed by atoms with E-state index in [1.54, 1.807) is 13.2 Å². The Morgan fingerprint density at radius 3 is 2.54 bits per heavy atom. The number of ether oxygens (including phenoxy) is 2. The third kappa shape index (κ3) is 4.86. The van der Waals surface area contributed by atoms with E-state index in [2.05, 4.69) is 41.5 Å². The molecule has 3 rings (SSSR count). The number of aryl methyl sites for hydroxylation is 1. The molecule has 1 aromatic heterocycles. The Bertz CT molecular complexity index is 952. The molecule has 1 heterocycles. The van der Waals surface area contributed by atoms with Crippen LogP contribution in [0, 0.1) is 6.92 Å². The number of amides is 1. The molecule has 0 unspecified atom stereocenters. The molecule has 7 heteroatoms. The fourth-order valence-corrected chi connectivity index (χ4v) is 3.36. The Kier molecular flexibility index (Phi) is 6.26. The maximum atomic E-state index is 12.2. The average Bonchev–Trinajstić information content (AvgIpc) is 3.15. The van der Waals surface area contributed by atoms with Gasteiger partial charge in [0.25, 0.3) is 5.91 Å². The van der Waals surface area contributed by atoms with Gasteiger partial charge in [-0.15, -0.1) is 10.2 Å². The highest BCUT2D eigenvalue weighted by molar-refractivity contribution is 7.18. The minimum absolute atomic E-state index is 0.141. The Morgan fingerprint density at radius 1 is 1.11 bits per heavy atom. The molecule has 146 valence electrons. The van der Waals surface area contributed by atoms with Gasteiger partial charge in [-0.25, -0.2) is 0 Å². The van der Waals surface area contributed by atoms with Crippen molar-refractivity contribution in [1.29, 1.82) is 0 Å². The van der Waals surface area contributed by atoms with Crippen molar-refractivity contribution < 1.29 is 14.3 Å². The van der Waals surface area contributed by atoms with Gasteiger partial charge >= 0.3 is 0 Å². The molecular formula is C21H23N3O3S. The van der Waals surface area contributed by atoms with Crippen LogP contribution in [0.25, 0.3) is 10.6 Å². The zero-order chi connectivity index (χ0) is 20.1. The van der Waals surface area contributed by atoms with Crippen molar-refractivity contribution in [2.45, 2.75) is 26.7 Å². The van der Waals surface area contributed by atoms with Crippen LogP contribution in [-0.2, 0) is 4.79 Å². The fraction of sp³-hybridized carbons (Fsp3) is 0.286. The summed E-state index contributed by atoms with van der Waals surface area (Å²) in [4.78, 5) is 12.2. The second kappa shape index (κ2) is 8.84. The first-order chi connectivity index (χ1) is 13.5. The highest BCUT2D eigenvalue weighted by atomic mass is 32.1. The highest BCUT2D eigenvalue weighted by Crippen LogP contribution is 2.29. The predicted molar refractivity (Wildman–Crippen MR) is 111 cm³/mol. The molecule has 3 aromatic rings. The molecule has 0 fully saturated rings. The van der Waals surface area contributed by atoms with Crippen LogP contribution < -0.4 is 14.8 Å². The summed E-state index contributed by atoms with van der Waals surface area (Å²) in [5.74, 6) is 1.29. The van der Waals surface area contributed by atoms with E-state index in [4.69, 9.17) is 9.47 Å². The monoisotopic (exact) mass is 397 g/mol. The number of carbonyl (C=O) groups is 1. The number of nitrogens with zero attached hydrogens (tertiary/aromatic N) is 2. The van der Waals surface area contributed by atoms with E-state index in [0.29, 0.717) is 22.5 Å². The molecule has 0 radical (unpaired) electrons. The first kappa shape index (κ1) is 19.8. The predicted octanol–water partition coefficient (Wildman–Crippen LogP) is 4.66. The van der Waals surface area contributed by atoms with Gasteiger partial charge < -0.3 is 9.47 Å². The van der Waals surface area contributed by atoms with Crippen LogP contribution in [0.1, 0.15) is 30.9 Å². The number of rotatable bonds is 7. The van der Waals surface area contributed by atoms with Gasteiger partial charge in [0.15, 0.2) is 18.1 Å². The molecule has 28 heavy (non-hydrogen) atoms. The molecular weight excluding hydrogens is 374 g/mol. The van der Waals surface area contributed by atoms with E-state index in [1.165, 1.54) is 16.9 Å². The number of hydrogen-bond donors (Lipinski definition) is 1. The molecule has 0 spiro atoms. The van der Waals surface area contributed by atoms with Crippen molar-refractivity contribution >= 4 is 22.4 Å². The van der Waals surface area contributed by atoms with E-state index >= 15 is 0 Å². The number of nitrogens with one attached hydrogen (secondary N) is 1. The van der Waals surface area contributed by atoms with Gasteiger partial charge in [0.1, 0.15) is 5.01 Å². The van der Waals surface area contributed by atoms with Gasteiger partial charge in [-0.2, -0.15) is 0 Å². The van der Waals surface area contributed by atoms with E-state index < -0.39 is 0 Å². The van der Waals surface area contributed by atoms with Crippen LogP contribution >= 0.6 is 11.3 Å². The molecule has 0 aliphatic rings. The summed E-state index contributed by atoms with van der Waals surface area (Å²) in [6.07, 6.45) is 0.